The van der Waals surface area contributed by atoms with Gasteiger partial charge in [0, 0.05) is 164 Å². The maximum absolute atomic E-state index is 15.6. The monoisotopic (exact) mass is 1820 g/mol. The molecule has 11 heterocycles. The van der Waals surface area contributed by atoms with E-state index in [0.29, 0.717) is 72.7 Å². The van der Waals surface area contributed by atoms with Gasteiger partial charge in [0.05, 0.1) is 53.0 Å². The zero-order valence-corrected chi connectivity index (χ0v) is 72.3. The molecule has 5 aromatic heterocycles. The van der Waals surface area contributed by atoms with Crippen LogP contribution in [0, 0.1) is 16.5 Å². The summed E-state index contributed by atoms with van der Waals surface area (Å²) in [6.45, 7) is 14.5. The average molecular weight is 1830 g/mol. The van der Waals surface area contributed by atoms with Crippen LogP contribution in [0.15, 0.2) is 110 Å². The van der Waals surface area contributed by atoms with Crippen LogP contribution in [0.5, 0.6) is 0 Å². The zero-order valence-electron chi connectivity index (χ0n) is 63.4. The molecule has 0 spiro atoms. The molecule has 3 saturated heterocycles. The van der Waals surface area contributed by atoms with E-state index >= 15 is 8.78 Å². The molecule has 0 radical (unpaired) electrons. The van der Waals surface area contributed by atoms with E-state index in [-0.39, 0.29) is 127 Å². The van der Waals surface area contributed by atoms with Gasteiger partial charge in [-0.3, -0.25) is 38.1 Å². The molecule has 6 aliphatic heterocycles. The first kappa shape index (κ1) is 92.9. The molecule has 0 bridgehead atoms. The molecule has 6 aliphatic rings. The Bertz CT molecular complexity index is 5320. The molecule has 42 heteroatoms. The van der Waals surface area contributed by atoms with Crippen LogP contribution in [0.2, 0.25) is 15.5 Å². The first-order valence-electron chi connectivity index (χ1n) is 35.0. The lowest BCUT2D eigenvalue weighted by atomic mass is 9.77. The summed E-state index contributed by atoms with van der Waals surface area (Å²) in [5.74, 6) is -1.96. The highest BCUT2D eigenvalue weighted by Gasteiger charge is 2.53. The summed E-state index contributed by atoms with van der Waals surface area (Å²) in [7, 11) is -0.0244. The van der Waals surface area contributed by atoms with E-state index in [9.17, 15) is 42.5 Å². The standard InChI is InChI=1S/C29H32BF2N3O5.C29H23ClF2N6O3.C6H3BrClN3.C6H5ClN4.C4H9NO2.S3.S2.H2S/c1-17(36)27-20-10-6-7-12-22(20)35(33-27)16-25(38)34-15-19(31)14-23(34)24(37)13-18-9-8-11-21(26(18)32)30-39-28(2,3)29(4,5)40-30;1-15(39)26-18-6-2-3-8-21(18)38(36-26)14-24(41)37-13-17(31)12-22(37)23(40)11-16-5-4-7-19(25(16)32)29-34-27(30)20-9-10-33-28(20)35-29;7-6-10-4(8)3-1-2-9-5(3)11-6;7-4-3-1-2-9-5(3)11-6(8)10-4;1-4(2,3)7-5-6;1-3-2;1-2;/h6-12,19,23H,13-16H2,1-5H3;2-8,10,17,22H,9,11-14H2,1H3;2H,1H2;2H,1H2,(H2,8,10,11);1-3H3;;;1H2/t19-,23+;17-,22+;;;;;;/m11....../s1. The van der Waals surface area contributed by atoms with E-state index in [4.69, 9.17) is 49.8 Å². The Balaban J connectivity index is 0.000000205. The molecular weight excluding hydrogens is 1750 g/mol. The molecule has 116 heavy (non-hydrogen) atoms. The lowest BCUT2D eigenvalue weighted by Gasteiger charge is -2.32. The van der Waals surface area contributed by atoms with Crippen molar-refractivity contribution in [2.75, 3.05) is 18.8 Å². The highest BCUT2D eigenvalue weighted by molar-refractivity contribution is 9.10. The highest BCUT2D eigenvalue weighted by Crippen LogP contribution is 2.38. The van der Waals surface area contributed by atoms with Gasteiger partial charge in [0.25, 0.3) is 0 Å². The molecule has 610 valence electrons. The molecule has 2 amide bonds. The predicted octanol–water partition coefficient (Wildman–Crippen LogP) is 12.6. The first-order valence-corrected chi connectivity index (χ1v) is 41.0. The Morgan fingerprint density at radius 1 is 0.629 bits per heavy atom. The number of aliphatic imine (C=N–C) groups is 3. The van der Waals surface area contributed by atoms with Gasteiger partial charge in [-0.1, -0.05) is 102 Å². The van der Waals surface area contributed by atoms with Crippen LogP contribution < -0.4 is 11.2 Å². The third kappa shape index (κ3) is 22.4. The molecule has 9 aromatic rings. The molecule has 0 unspecified atom stereocenters. The van der Waals surface area contributed by atoms with Crippen LogP contribution in [-0.2, 0) is 132 Å². The van der Waals surface area contributed by atoms with Crippen molar-refractivity contribution in [1.82, 2.24) is 59.3 Å². The Morgan fingerprint density at radius 3 is 1.48 bits per heavy atom. The molecule has 4 atom stereocenters. The fourth-order valence-corrected chi connectivity index (χ4v) is 13.8. The Labute approximate surface area is 716 Å². The van der Waals surface area contributed by atoms with Crippen LogP contribution in [0.1, 0.15) is 124 Å². The van der Waals surface area contributed by atoms with E-state index in [1.165, 1.54) is 51.2 Å². The number of fused-ring (bicyclic) bond motifs is 5. The number of hydrogen-bond acceptors (Lipinski definition) is 27. The minimum absolute atomic E-state index is 0. The van der Waals surface area contributed by atoms with Crippen LogP contribution in [0.4, 0.5) is 41.0 Å². The minimum Gasteiger partial charge on any atom is -0.399 e. The topological polar surface area (TPSA) is 342 Å². The van der Waals surface area contributed by atoms with Gasteiger partial charge in [-0.2, -0.15) is 28.7 Å². The van der Waals surface area contributed by atoms with Gasteiger partial charge in [-0.25, -0.2) is 57.5 Å². The number of likely N-dealkylation sites (tertiary alicyclic amines) is 2. The molecule has 3 fully saturated rings. The molecule has 27 nitrogen and oxygen atoms in total. The van der Waals surface area contributed by atoms with Gasteiger partial charge in [0.15, 0.2) is 56.5 Å². The van der Waals surface area contributed by atoms with Gasteiger partial charge in [-0.15, -0.1) is 4.91 Å². The lowest BCUT2D eigenvalue weighted by Crippen LogP contribution is -2.43. The Kier molecular flexibility index (Phi) is 32.6. The quantitative estimate of drug-likeness (QED) is 0.0189. The smallest absolute Gasteiger partial charge is 0.399 e. The van der Waals surface area contributed by atoms with E-state index < -0.39 is 83.4 Å². The van der Waals surface area contributed by atoms with Gasteiger partial charge in [-0.05, 0) is 93.7 Å². The van der Waals surface area contributed by atoms with E-state index in [0.717, 1.165) is 26.4 Å². The van der Waals surface area contributed by atoms with E-state index in [1.54, 1.807) is 106 Å². The van der Waals surface area contributed by atoms with Crippen LogP contribution in [0.25, 0.3) is 33.2 Å². The number of carbonyl (C=O) groups is 6. The predicted molar refractivity (Wildman–Crippen MR) is 457 cm³/mol. The number of rotatable bonds is 15. The minimum atomic E-state index is -1.41. The Hall–Kier alpha value is -8.61. The molecule has 2 N–H and O–H groups in total. The third-order valence-corrected chi connectivity index (χ3v) is 20.0. The number of benzene rings is 4. The SMILES string of the molecule is CC(=O)c1nn(CC(=O)N2C[C@H](F)C[C@H]2C(=O)Cc2cccc(-c3nc(Cl)c4c(n3)N=CC4)c2F)c2ccccc12.CC(=O)c1nn(CC(=O)N2C[C@H](F)C[C@H]2C(=O)Cc2cccc(B3OC(C)(C)C(C)(C)O3)c2F)c2ccccc12.CC(C)(C)ON=O.Clc1nc(Br)nc2c1CC=N2.Nc1nc(Cl)c2c(n1)N=CC2.S.S=S.S=S=S. The maximum atomic E-state index is 15.6. The summed E-state index contributed by atoms with van der Waals surface area (Å²) in [6, 6.07) is 21.1. The number of nitrogens with two attached hydrogens (primary N) is 1. The number of anilines is 1. The van der Waals surface area contributed by atoms with Crippen LogP contribution >= 0.6 is 64.2 Å². The second-order valence-electron chi connectivity index (χ2n) is 28.2. The largest absolute Gasteiger partial charge is 0.497 e. The molecule has 0 saturated carbocycles. The number of alkyl halides is 2. The van der Waals surface area contributed by atoms with E-state index in [1.807, 2.05) is 27.7 Å². The van der Waals surface area contributed by atoms with Crippen molar-refractivity contribution >= 4 is 229 Å². The average Bonchev–Trinajstić information content (AvgIpc) is 1.61. The second-order valence-corrected chi connectivity index (χ2v) is 31.8. The second kappa shape index (κ2) is 40.7. The van der Waals surface area contributed by atoms with Crippen LogP contribution in [0.3, 0.4) is 0 Å². The van der Waals surface area contributed by atoms with Gasteiger partial charge >= 0.3 is 7.12 Å². The number of carbonyl (C=O) groups excluding carboxylic acids is 6. The maximum Gasteiger partial charge on any atom is 0.497 e. The molecule has 15 rings (SSSR count). The molecular formula is C74H74BBrCl3F4N17O10S6. The summed E-state index contributed by atoms with van der Waals surface area (Å²) in [5.41, 5.74) is 8.06. The van der Waals surface area contributed by atoms with Gasteiger partial charge in [0.2, 0.25) is 17.8 Å². The fourth-order valence-electron chi connectivity index (χ4n) is 12.7. The molecule has 0 aliphatic carbocycles. The van der Waals surface area contributed by atoms with E-state index in [2.05, 4.69) is 126 Å². The van der Waals surface area contributed by atoms with Crippen molar-refractivity contribution in [2.45, 2.75) is 162 Å². The number of aromatic nitrogens is 10. The number of halogens is 8. The Morgan fingerprint density at radius 2 is 1.04 bits per heavy atom. The normalized spacial score (nSPS) is 17.2. The number of Topliss-reactive ketones (excluding diaryl/α,β-unsaturated/α-hetero) is 4. The fraction of sp³-hybridized carbons (Fsp3) is 0.365. The number of hydrogen-bond donors (Lipinski definition) is 1. The summed E-state index contributed by atoms with van der Waals surface area (Å²) in [5, 5.41) is 13.1. The number of para-hydroxylation sites is 2. The third-order valence-electron chi connectivity index (χ3n) is 18.7. The van der Waals surface area contributed by atoms with Crippen molar-refractivity contribution in [3.63, 3.8) is 0 Å². The highest BCUT2D eigenvalue weighted by atomic mass is 79.9. The van der Waals surface area contributed by atoms with Crippen molar-refractivity contribution in [3.05, 3.63) is 161 Å². The zero-order chi connectivity index (χ0) is 84.1. The lowest BCUT2D eigenvalue weighted by molar-refractivity contribution is -0.138. The molecule has 4 aromatic carbocycles. The van der Waals surface area contributed by atoms with Crippen molar-refractivity contribution < 1.29 is 60.5 Å². The van der Waals surface area contributed by atoms with Crippen LogP contribution in [-0.4, -0.2) is 174 Å². The first-order chi connectivity index (χ1) is 54.5. The number of amides is 2. The summed E-state index contributed by atoms with van der Waals surface area (Å²) < 4.78 is 75.6. The summed E-state index contributed by atoms with van der Waals surface area (Å²) in [6.07, 6.45) is 3.26. The van der Waals surface area contributed by atoms with Crippen molar-refractivity contribution in [2.24, 2.45) is 20.3 Å². The number of ketones is 4. The van der Waals surface area contributed by atoms with Crippen molar-refractivity contribution in [3.8, 4) is 11.4 Å². The summed E-state index contributed by atoms with van der Waals surface area (Å²) in [4.78, 5) is 130. The number of nitrogens with zero attached hydrogens (tertiary/aromatic N) is 16. The van der Waals surface area contributed by atoms with Gasteiger partial charge in [0.1, 0.15) is 69.5 Å². The summed E-state index contributed by atoms with van der Waals surface area (Å²) >= 11 is 36.5. The van der Waals surface area contributed by atoms with Crippen molar-refractivity contribution in [1.29, 1.82) is 0 Å². The number of nitrogen functional groups attached to an aromatic ring is 1. The van der Waals surface area contributed by atoms with Gasteiger partial charge < -0.3 is 29.7 Å².